The minimum absolute atomic E-state index is 0.113. The van der Waals surface area contributed by atoms with E-state index in [1.807, 2.05) is 100 Å². The molecule has 0 aliphatic carbocycles. The van der Waals surface area contributed by atoms with Crippen molar-refractivity contribution in [2.75, 3.05) is 4.90 Å². The molecule has 198 valence electrons. The van der Waals surface area contributed by atoms with Crippen molar-refractivity contribution in [3.63, 3.8) is 0 Å². The predicted octanol–water partition coefficient (Wildman–Crippen LogP) is 5.92. The van der Waals surface area contributed by atoms with Gasteiger partial charge in [0, 0.05) is 16.8 Å². The first-order valence-electron chi connectivity index (χ1n) is 13.2. The Morgan fingerprint density at radius 3 is 1.95 bits per heavy atom. The normalized spacial score (nSPS) is 17.8. The molecule has 0 saturated carbocycles. The number of aromatic nitrogens is 2. The highest BCUT2D eigenvalue weighted by Crippen LogP contribution is 2.45. The Morgan fingerprint density at radius 1 is 0.795 bits per heavy atom. The van der Waals surface area contributed by atoms with Crippen molar-refractivity contribution < 1.29 is 9.32 Å². The first-order chi connectivity index (χ1) is 18.8. The van der Waals surface area contributed by atoms with Crippen LogP contribution < -0.4 is 16.3 Å². The molecule has 6 rings (SSSR count). The Kier molecular flexibility index (Phi) is 5.71. The SMILES string of the molecule is CC[C@@H](C)N1C(=O)N(c2cccc3ccccc23)[C@H](n2oc(=O)n(-c3cccc4ccccc34)c2=O)C1(C)C. The van der Waals surface area contributed by atoms with Gasteiger partial charge in [-0.1, -0.05) is 79.7 Å². The molecule has 0 radical (unpaired) electrons. The third kappa shape index (κ3) is 3.62. The van der Waals surface area contributed by atoms with Gasteiger partial charge in [0.25, 0.3) is 0 Å². The molecule has 8 nitrogen and oxygen atoms in total. The van der Waals surface area contributed by atoms with Crippen LogP contribution in [0.5, 0.6) is 0 Å². The molecular formula is C31H30N4O4. The molecule has 0 N–H and O–H groups in total. The summed E-state index contributed by atoms with van der Waals surface area (Å²) in [6, 6.07) is 26.2. The molecule has 2 atom stereocenters. The lowest BCUT2D eigenvalue weighted by Crippen LogP contribution is -2.50. The van der Waals surface area contributed by atoms with E-state index in [9.17, 15) is 14.4 Å². The van der Waals surface area contributed by atoms with Gasteiger partial charge in [0.15, 0.2) is 6.17 Å². The van der Waals surface area contributed by atoms with Gasteiger partial charge in [-0.25, -0.2) is 14.4 Å². The molecule has 1 aliphatic rings. The summed E-state index contributed by atoms with van der Waals surface area (Å²) in [6.07, 6.45) is -0.192. The van der Waals surface area contributed by atoms with Crippen LogP contribution in [0.25, 0.3) is 27.2 Å². The molecule has 1 aromatic heterocycles. The maximum Gasteiger partial charge on any atom is 0.447 e. The number of nitrogens with zero attached hydrogens (tertiary/aromatic N) is 4. The molecule has 2 heterocycles. The number of benzene rings is 4. The van der Waals surface area contributed by atoms with Crippen molar-refractivity contribution in [1.29, 1.82) is 0 Å². The summed E-state index contributed by atoms with van der Waals surface area (Å²) in [6.45, 7) is 7.83. The van der Waals surface area contributed by atoms with E-state index in [2.05, 4.69) is 0 Å². The van der Waals surface area contributed by atoms with Crippen LogP contribution in [-0.2, 0) is 0 Å². The zero-order valence-corrected chi connectivity index (χ0v) is 22.4. The summed E-state index contributed by atoms with van der Waals surface area (Å²) in [4.78, 5) is 45.0. The fraction of sp³-hybridized carbons (Fsp3) is 0.258. The van der Waals surface area contributed by atoms with Crippen molar-refractivity contribution in [2.45, 2.75) is 51.9 Å². The minimum atomic E-state index is -0.916. The first-order valence-corrected chi connectivity index (χ1v) is 13.2. The number of amides is 2. The third-order valence-corrected chi connectivity index (χ3v) is 7.94. The van der Waals surface area contributed by atoms with Crippen molar-refractivity contribution >= 4 is 33.3 Å². The monoisotopic (exact) mass is 522 g/mol. The Balaban J connectivity index is 1.61. The van der Waals surface area contributed by atoms with Crippen LogP contribution in [0.1, 0.15) is 40.3 Å². The fourth-order valence-corrected chi connectivity index (χ4v) is 5.99. The first kappa shape index (κ1) is 24.7. The lowest BCUT2D eigenvalue weighted by molar-refractivity contribution is 0.0756. The van der Waals surface area contributed by atoms with Gasteiger partial charge < -0.3 is 9.42 Å². The van der Waals surface area contributed by atoms with E-state index in [1.165, 1.54) is 0 Å². The Morgan fingerprint density at radius 2 is 1.33 bits per heavy atom. The van der Waals surface area contributed by atoms with Gasteiger partial charge in [-0.2, -0.15) is 4.57 Å². The number of anilines is 1. The summed E-state index contributed by atoms with van der Waals surface area (Å²) >= 11 is 0. The van der Waals surface area contributed by atoms with Crippen LogP contribution in [0.2, 0.25) is 0 Å². The highest BCUT2D eigenvalue weighted by atomic mass is 16.5. The fourth-order valence-electron chi connectivity index (χ4n) is 5.99. The molecular weight excluding hydrogens is 492 g/mol. The van der Waals surface area contributed by atoms with E-state index in [0.717, 1.165) is 37.3 Å². The highest BCUT2D eigenvalue weighted by Gasteiger charge is 2.56. The molecule has 4 aromatic carbocycles. The second-order valence-corrected chi connectivity index (χ2v) is 10.6. The van der Waals surface area contributed by atoms with Gasteiger partial charge in [0.2, 0.25) is 0 Å². The molecule has 2 amide bonds. The van der Waals surface area contributed by atoms with Crippen molar-refractivity contribution in [1.82, 2.24) is 14.2 Å². The predicted molar refractivity (Wildman–Crippen MR) is 153 cm³/mol. The highest BCUT2D eigenvalue weighted by molar-refractivity contribution is 6.05. The van der Waals surface area contributed by atoms with E-state index in [4.69, 9.17) is 4.52 Å². The molecule has 5 aromatic rings. The number of fused-ring (bicyclic) bond motifs is 2. The van der Waals surface area contributed by atoms with E-state index in [0.29, 0.717) is 11.4 Å². The van der Waals surface area contributed by atoms with Crippen LogP contribution in [0.4, 0.5) is 10.5 Å². The molecule has 1 aliphatic heterocycles. The van der Waals surface area contributed by atoms with Gasteiger partial charge in [-0.3, -0.25) is 4.90 Å². The maximum absolute atomic E-state index is 14.2. The largest absolute Gasteiger partial charge is 0.447 e. The Bertz CT molecular complexity index is 1840. The lowest BCUT2D eigenvalue weighted by Gasteiger charge is -2.37. The van der Waals surface area contributed by atoms with Crippen LogP contribution in [0.15, 0.2) is 99.0 Å². The van der Waals surface area contributed by atoms with Crippen molar-refractivity contribution in [2.24, 2.45) is 0 Å². The quantitative estimate of drug-likeness (QED) is 0.287. The standard InChI is InChI=1S/C31H30N4O4/c1-5-20(2)34-28(36)32(25-18-10-14-21-12-6-8-16-23(21)25)27(31(34,3)4)35-29(37)33(30(38)39-35)26-19-11-15-22-13-7-9-17-24(22)26/h6-20,27H,5H2,1-4H3/t20-,27-/m1/s1. The number of carbonyl (C=O) groups excluding carboxylic acids is 1. The summed E-state index contributed by atoms with van der Waals surface area (Å²) < 4.78 is 7.86. The third-order valence-electron chi connectivity index (χ3n) is 7.94. The number of hydrogen-bond donors (Lipinski definition) is 0. The average molecular weight is 523 g/mol. The number of rotatable bonds is 5. The molecule has 1 saturated heterocycles. The van der Waals surface area contributed by atoms with E-state index < -0.39 is 23.2 Å². The minimum Gasteiger partial charge on any atom is -0.314 e. The second-order valence-electron chi connectivity index (χ2n) is 10.6. The van der Waals surface area contributed by atoms with Gasteiger partial charge in [0.05, 0.1) is 16.9 Å². The maximum atomic E-state index is 14.2. The van der Waals surface area contributed by atoms with Crippen molar-refractivity contribution in [3.05, 3.63) is 106 Å². The Labute approximate surface area is 225 Å². The van der Waals surface area contributed by atoms with Gasteiger partial charge in [-0.15, -0.1) is 4.74 Å². The molecule has 0 bridgehead atoms. The molecule has 0 spiro atoms. The Hall–Kier alpha value is -4.59. The topological polar surface area (TPSA) is 80.7 Å². The molecule has 1 fully saturated rings. The second kappa shape index (κ2) is 9.01. The zero-order chi connectivity index (χ0) is 27.5. The number of hydrogen-bond acceptors (Lipinski definition) is 4. The number of carbonyl (C=O) groups is 1. The lowest BCUT2D eigenvalue weighted by atomic mass is 9.97. The summed E-state index contributed by atoms with van der Waals surface area (Å²) in [5.41, 5.74) is -0.454. The van der Waals surface area contributed by atoms with Crippen LogP contribution in [0.3, 0.4) is 0 Å². The zero-order valence-electron chi connectivity index (χ0n) is 22.4. The van der Waals surface area contributed by atoms with Crippen LogP contribution in [-0.4, -0.2) is 31.8 Å². The van der Waals surface area contributed by atoms with E-state index in [-0.39, 0.29) is 12.1 Å². The van der Waals surface area contributed by atoms with Crippen molar-refractivity contribution in [3.8, 4) is 5.69 Å². The molecule has 8 heteroatoms. The van der Waals surface area contributed by atoms with E-state index >= 15 is 0 Å². The van der Waals surface area contributed by atoms with Crippen LogP contribution >= 0.6 is 0 Å². The van der Waals surface area contributed by atoms with Gasteiger partial charge >= 0.3 is 17.5 Å². The van der Waals surface area contributed by atoms with E-state index in [1.54, 1.807) is 21.9 Å². The van der Waals surface area contributed by atoms with Gasteiger partial charge in [0.1, 0.15) is 0 Å². The van der Waals surface area contributed by atoms with Crippen LogP contribution in [0, 0.1) is 0 Å². The summed E-state index contributed by atoms with van der Waals surface area (Å²) in [5.74, 6) is -0.806. The smallest absolute Gasteiger partial charge is 0.314 e. The summed E-state index contributed by atoms with van der Waals surface area (Å²) in [5, 5.41) is 3.47. The molecule has 0 unspecified atom stereocenters. The van der Waals surface area contributed by atoms with Gasteiger partial charge in [-0.05, 0) is 50.1 Å². The summed E-state index contributed by atoms with van der Waals surface area (Å²) in [7, 11) is 0. The molecule has 39 heavy (non-hydrogen) atoms. The average Bonchev–Trinajstić information content (AvgIpc) is 3.34. The number of urea groups is 1.